The van der Waals surface area contributed by atoms with E-state index in [-0.39, 0.29) is 16.5 Å². The quantitative estimate of drug-likeness (QED) is 0.870. The Kier molecular flexibility index (Phi) is 4.80. The largest absolute Gasteiger partial charge is 0.287 e. The van der Waals surface area contributed by atoms with Gasteiger partial charge in [0.2, 0.25) is 0 Å². The normalized spacial score (nSPS) is 11.8. The second-order valence-corrected chi connectivity index (χ2v) is 5.83. The van der Waals surface area contributed by atoms with Gasteiger partial charge in [0.05, 0.1) is 11.6 Å². The van der Waals surface area contributed by atoms with E-state index in [4.69, 9.17) is 28.0 Å². The Morgan fingerprint density at radius 2 is 1.94 bits per heavy atom. The molecule has 0 heterocycles. The first-order chi connectivity index (χ1) is 7.81. The van der Waals surface area contributed by atoms with Crippen LogP contribution in [0, 0.1) is 13.8 Å². The number of aryl methyl sites for hydroxylation is 1. The average Bonchev–Trinajstić information content (AvgIpc) is 2.24. The molecule has 0 aromatic heterocycles. The van der Waals surface area contributed by atoms with Gasteiger partial charge in [0.15, 0.2) is 0 Å². The smallest absolute Gasteiger partial charge is 0.264 e. The lowest BCUT2D eigenvalue weighted by atomic mass is 10.2. The van der Waals surface area contributed by atoms with Crippen molar-refractivity contribution in [1.82, 2.24) is 4.89 Å². The molecule has 0 bridgehead atoms. The lowest BCUT2D eigenvalue weighted by Crippen LogP contribution is -2.25. The molecule has 0 saturated heterocycles. The maximum atomic E-state index is 12.0. The summed E-state index contributed by atoms with van der Waals surface area (Å²) in [5, 5.41) is 0.503. The van der Waals surface area contributed by atoms with E-state index >= 15 is 0 Å². The van der Waals surface area contributed by atoms with Crippen LogP contribution in [0.4, 0.5) is 0 Å². The molecule has 0 atom stereocenters. The summed E-state index contributed by atoms with van der Waals surface area (Å²) in [6, 6.07) is 1.62. The summed E-state index contributed by atoms with van der Waals surface area (Å²) in [4.78, 5) is 6.65. The molecule has 17 heavy (non-hydrogen) atoms. The highest BCUT2D eigenvalue weighted by atomic mass is 35.5. The molecule has 0 aliphatic heterocycles. The van der Waals surface area contributed by atoms with Crippen molar-refractivity contribution in [3.8, 4) is 0 Å². The summed E-state index contributed by atoms with van der Waals surface area (Å²) in [6.45, 7) is 5.16. The molecular weight excluding hydrogens is 285 g/mol. The van der Waals surface area contributed by atoms with Gasteiger partial charge in [-0.15, -0.1) is 0 Å². The Balaban J connectivity index is 3.40. The summed E-state index contributed by atoms with van der Waals surface area (Å²) < 4.78 is 23.9. The Bertz CT molecular complexity index is 503. The predicted octanol–water partition coefficient (Wildman–Crippen LogP) is 2.84. The van der Waals surface area contributed by atoms with Crippen molar-refractivity contribution in [3.63, 3.8) is 0 Å². The van der Waals surface area contributed by atoms with Crippen molar-refractivity contribution in [2.45, 2.75) is 25.7 Å². The Morgan fingerprint density at radius 3 is 2.47 bits per heavy atom. The summed E-state index contributed by atoms with van der Waals surface area (Å²) >= 11 is 11.9. The van der Waals surface area contributed by atoms with E-state index < -0.39 is 10.0 Å². The monoisotopic (exact) mass is 297 g/mol. The van der Waals surface area contributed by atoms with Crippen LogP contribution in [0.2, 0.25) is 10.0 Å². The molecule has 0 unspecified atom stereocenters. The summed E-state index contributed by atoms with van der Waals surface area (Å²) in [7, 11) is -3.82. The van der Waals surface area contributed by atoms with Crippen LogP contribution in [-0.2, 0) is 14.9 Å². The molecule has 96 valence electrons. The maximum absolute atomic E-state index is 12.0. The zero-order valence-corrected chi connectivity index (χ0v) is 12.0. The first-order valence-corrected chi connectivity index (χ1v) is 7.14. The molecule has 0 saturated carbocycles. The maximum Gasteiger partial charge on any atom is 0.264 e. The van der Waals surface area contributed by atoms with E-state index in [1.165, 1.54) is 0 Å². The van der Waals surface area contributed by atoms with E-state index in [0.29, 0.717) is 16.1 Å². The number of halogens is 2. The van der Waals surface area contributed by atoms with Crippen LogP contribution in [0.5, 0.6) is 0 Å². The van der Waals surface area contributed by atoms with Crippen LogP contribution >= 0.6 is 23.2 Å². The van der Waals surface area contributed by atoms with Gasteiger partial charge in [-0.1, -0.05) is 28.1 Å². The first-order valence-electron chi connectivity index (χ1n) is 4.90. The van der Waals surface area contributed by atoms with Gasteiger partial charge in [0.25, 0.3) is 10.0 Å². The molecule has 1 N–H and O–H groups in total. The van der Waals surface area contributed by atoms with Crippen LogP contribution in [0.1, 0.15) is 18.1 Å². The van der Waals surface area contributed by atoms with Crippen molar-refractivity contribution in [2.75, 3.05) is 6.61 Å². The van der Waals surface area contributed by atoms with Crippen molar-refractivity contribution in [3.05, 3.63) is 27.2 Å². The van der Waals surface area contributed by atoms with Crippen LogP contribution in [0.3, 0.4) is 0 Å². The van der Waals surface area contributed by atoms with Crippen molar-refractivity contribution in [1.29, 1.82) is 0 Å². The van der Waals surface area contributed by atoms with Gasteiger partial charge in [0, 0.05) is 5.02 Å². The number of hydrogen-bond acceptors (Lipinski definition) is 3. The zero-order chi connectivity index (χ0) is 13.2. The standard InChI is InChI=1S/C10H13Cl2NO3S/c1-4-16-13-17(14,15)10-7(3)8(11)5-6(2)9(10)12/h5,13H,4H2,1-3H3. The Hall–Kier alpha value is -0.330. The van der Waals surface area contributed by atoms with Crippen LogP contribution in [-0.4, -0.2) is 15.0 Å². The van der Waals surface area contributed by atoms with Crippen molar-refractivity contribution < 1.29 is 13.3 Å². The molecule has 0 aliphatic carbocycles. The minimum atomic E-state index is -3.82. The van der Waals surface area contributed by atoms with E-state index in [2.05, 4.69) is 0 Å². The number of hydrogen-bond donors (Lipinski definition) is 1. The van der Waals surface area contributed by atoms with Gasteiger partial charge in [-0.05, 0) is 38.0 Å². The van der Waals surface area contributed by atoms with Gasteiger partial charge in [0.1, 0.15) is 4.90 Å². The molecule has 0 amide bonds. The molecule has 0 aliphatic rings. The Labute approximate surface area is 111 Å². The summed E-state index contributed by atoms with van der Waals surface area (Å²) in [5.41, 5.74) is 0.994. The molecule has 0 radical (unpaired) electrons. The van der Waals surface area contributed by atoms with Crippen molar-refractivity contribution >= 4 is 33.2 Å². The van der Waals surface area contributed by atoms with Gasteiger partial charge < -0.3 is 0 Å². The second kappa shape index (κ2) is 5.54. The molecule has 1 rings (SSSR count). The summed E-state index contributed by atoms with van der Waals surface area (Å²) in [5.74, 6) is 0. The fourth-order valence-corrected chi connectivity index (χ4v) is 3.39. The third kappa shape index (κ3) is 3.11. The topological polar surface area (TPSA) is 55.4 Å². The average molecular weight is 298 g/mol. The molecule has 1 aromatic rings. The summed E-state index contributed by atoms with van der Waals surface area (Å²) in [6.07, 6.45) is 0. The molecule has 1 aromatic carbocycles. The second-order valence-electron chi connectivity index (χ2n) is 3.46. The highest BCUT2D eigenvalue weighted by Crippen LogP contribution is 2.33. The predicted molar refractivity (Wildman–Crippen MR) is 67.9 cm³/mol. The SMILES string of the molecule is CCONS(=O)(=O)c1c(C)c(Cl)cc(C)c1Cl. The van der Waals surface area contributed by atoms with Gasteiger partial charge in [-0.2, -0.15) is 0 Å². The van der Waals surface area contributed by atoms with Crippen LogP contribution in [0.25, 0.3) is 0 Å². The van der Waals surface area contributed by atoms with E-state index in [9.17, 15) is 8.42 Å². The highest BCUT2D eigenvalue weighted by Gasteiger charge is 2.23. The lowest BCUT2D eigenvalue weighted by molar-refractivity contribution is 0.105. The molecule has 4 nitrogen and oxygen atoms in total. The van der Waals surface area contributed by atoms with Gasteiger partial charge in [-0.25, -0.2) is 8.42 Å². The minimum absolute atomic E-state index is 0.0439. The molecule has 7 heteroatoms. The van der Waals surface area contributed by atoms with Gasteiger partial charge >= 0.3 is 0 Å². The van der Waals surface area contributed by atoms with Crippen molar-refractivity contribution in [2.24, 2.45) is 0 Å². The van der Waals surface area contributed by atoms with Gasteiger partial charge in [-0.3, -0.25) is 4.84 Å². The molecular formula is C10H13Cl2NO3S. The number of nitrogens with one attached hydrogen (secondary N) is 1. The van der Waals surface area contributed by atoms with E-state index in [1.807, 2.05) is 4.89 Å². The Morgan fingerprint density at radius 1 is 1.35 bits per heavy atom. The number of rotatable bonds is 4. The van der Waals surface area contributed by atoms with Crippen LogP contribution < -0.4 is 4.89 Å². The van der Waals surface area contributed by atoms with E-state index in [1.54, 1.807) is 26.8 Å². The van der Waals surface area contributed by atoms with E-state index in [0.717, 1.165) is 0 Å². The molecule has 0 spiro atoms. The highest BCUT2D eigenvalue weighted by molar-refractivity contribution is 7.89. The zero-order valence-electron chi connectivity index (χ0n) is 9.67. The third-order valence-corrected chi connectivity index (χ3v) is 4.55. The lowest BCUT2D eigenvalue weighted by Gasteiger charge is -2.13. The number of benzene rings is 1. The minimum Gasteiger partial charge on any atom is -0.287 e. The van der Waals surface area contributed by atoms with Crippen LogP contribution in [0.15, 0.2) is 11.0 Å². The fraction of sp³-hybridized carbons (Fsp3) is 0.400. The third-order valence-electron chi connectivity index (χ3n) is 2.17. The molecule has 0 fully saturated rings. The fourth-order valence-electron chi connectivity index (χ4n) is 1.31. The number of sulfonamides is 1. The first kappa shape index (κ1) is 14.7.